The maximum Gasteiger partial charge on any atom is 0.240 e. The number of carbonyl (C=O) groups is 1. The molecule has 7 heteroatoms. The van der Waals surface area contributed by atoms with E-state index >= 15 is 0 Å². The van der Waals surface area contributed by atoms with Gasteiger partial charge in [0.05, 0.1) is 22.7 Å². The zero-order valence-electron chi connectivity index (χ0n) is 14.5. The number of nitrogens with two attached hydrogens (primary N) is 1. The number of nitriles is 2. The molecule has 28 heavy (non-hydrogen) atoms. The predicted molar refractivity (Wildman–Crippen MR) is 104 cm³/mol. The van der Waals surface area contributed by atoms with Crippen molar-refractivity contribution in [3.63, 3.8) is 0 Å². The summed E-state index contributed by atoms with van der Waals surface area (Å²) < 4.78 is 14.0. The van der Waals surface area contributed by atoms with Gasteiger partial charge in [-0.15, -0.1) is 0 Å². The molecule has 0 unspecified atom stereocenters. The van der Waals surface area contributed by atoms with Crippen LogP contribution in [0.5, 0.6) is 0 Å². The van der Waals surface area contributed by atoms with E-state index in [1.807, 2.05) is 30.3 Å². The van der Waals surface area contributed by atoms with Crippen molar-refractivity contribution in [1.82, 2.24) is 4.90 Å². The Morgan fingerprint density at radius 1 is 1.21 bits per heavy atom. The summed E-state index contributed by atoms with van der Waals surface area (Å²) in [5.41, 5.74) is 6.30. The fraction of sp³-hybridized carbons (Fsp3) is 0.190. The van der Waals surface area contributed by atoms with Gasteiger partial charge in [0.1, 0.15) is 11.9 Å². The lowest BCUT2D eigenvalue weighted by molar-refractivity contribution is -0.122. The standard InChI is InChI=1S/C21H14BrFN4O/c22-15-9-13(5-6-16(15)23)17-18(20(26)28)27-8-7-12-3-1-2-4-14(12)19(27)21(17,10-24)11-25/h1-9,17-19H,(H2,26,28)/t17-,18+,19+/m1/s1. The average molecular weight is 437 g/mol. The maximum absolute atomic E-state index is 13.8. The number of fused-ring (bicyclic) bond motifs is 3. The molecule has 5 nitrogen and oxygen atoms in total. The molecule has 0 radical (unpaired) electrons. The van der Waals surface area contributed by atoms with Gasteiger partial charge in [0.15, 0.2) is 5.41 Å². The molecule has 3 atom stereocenters. The van der Waals surface area contributed by atoms with Crippen LogP contribution < -0.4 is 5.73 Å². The van der Waals surface area contributed by atoms with Crippen LogP contribution in [0.2, 0.25) is 0 Å². The van der Waals surface area contributed by atoms with Gasteiger partial charge in [0.25, 0.3) is 0 Å². The van der Waals surface area contributed by atoms with Crippen LogP contribution in [0.25, 0.3) is 6.08 Å². The Bertz CT molecular complexity index is 1090. The molecule has 0 spiro atoms. The Balaban J connectivity index is 2.01. The van der Waals surface area contributed by atoms with Crippen LogP contribution >= 0.6 is 15.9 Å². The summed E-state index contributed by atoms with van der Waals surface area (Å²) in [6.07, 6.45) is 3.55. The Labute approximate surface area is 169 Å². The highest BCUT2D eigenvalue weighted by Gasteiger charge is 2.63. The minimum atomic E-state index is -1.59. The second-order valence-electron chi connectivity index (χ2n) is 6.89. The summed E-state index contributed by atoms with van der Waals surface area (Å²) in [6, 6.07) is 14.5. The molecular weight excluding hydrogens is 423 g/mol. The summed E-state index contributed by atoms with van der Waals surface area (Å²) in [4.78, 5) is 14.2. The highest BCUT2D eigenvalue weighted by molar-refractivity contribution is 9.10. The van der Waals surface area contributed by atoms with Gasteiger partial charge in [-0.1, -0.05) is 30.3 Å². The first-order valence-corrected chi connectivity index (χ1v) is 9.35. The van der Waals surface area contributed by atoms with Crippen LogP contribution in [0.1, 0.15) is 28.7 Å². The number of hydrogen-bond acceptors (Lipinski definition) is 4. The second kappa shape index (κ2) is 6.47. The maximum atomic E-state index is 13.8. The lowest BCUT2D eigenvalue weighted by Gasteiger charge is -2.34. The van der Waals surface area contributed by atoms with Gasteiger partial charge >= 0.3 is 0 Å². The van der Waals surface area contributed by atoms with Gasteiger partial charge in [-0.05, 0) is 50.8 Å². The molecule has 2 aromatic rings. The first-order chi connectivity index (χ1) is 13.4. The molecular formula is C21H14BrFN4O. The molecule has 0 bridgehead atoms. The van der Waals surface area contributed by atoms with Crippen molar-refractivity contribution in [2.24, 2.45) is 11.1 Å². The fourth-order valence-electron chi connectivity index (χ4n) is 4.40. The van der Waals surface area contributed by atoms with E-state index in [1.165, 1.54) is 18.2 Å². The van der Waals surface area contributed by atoms with E-state index in [0.717, 1.165) is 11.1 Å². The van der Waals surface area contributed by atoms with Crippen molar-refractivity contribution in [2.75, 3.05) is 0 Å². The molecule has 0 aromatic heterocycles. The Morgan fingerprint density at radius 3 is 2.57 bits per heavy atom. The summed E-state index contributed by atoms with van der Waals surface area (Å²) >= 11 is 3.15. The van der Waals surface area contributed by atoms with Gasteiger partial charge in [0.2, 0.25) is 5.91 Å². The lowest BCUT2D eigenvalue weighted by Crippen LogP contribution is -2.41. The predicted octanol–water partition coefficient (Wildman–Crippen LogP) is 3.60. The van der Waals surface area contributed by atoms with E-state index < -0.39 is 35.1 Å². The third-order valence-corrected chi connectivity index (χ3v) is 6.15. The molecule has 0 saturated carbocycles. The molecule has 2 aromatic carbocycles. The van der Waals surface area contributed by atoms with Crippen LogP contribution in [-0.4, -0.2) is 16.8 Å². The molecule has 2 aliphatic rings. The third kappa shape index (κ3) is 2.37. The van der Waals surface area contributed by atoms with Crippen LogP contribution in [-0.2, 0) is 4.79 Å². The Hall–Kier alpha value is -3.16. The average Bonchev–Trinajstić information content (AvgIpc) is 3.01. The second-order valence-corrected chi connectivity index (χ2v) is 7.74. The molecule has 4 rings (SSSR count). The van der Waals surface area contributed by atoms with Crippen LogP contribution in [0.3, 0.4) is 0 Å². The van der Waals surface area contributed by atoms with Crippen LogP contribution in [0, 0.1) is 33.9 Å². The van der Waals surface area contributed by atoms with Gasteiger partial charge < -0.3 is 10.6 Å². The van der Waals surface area contributed by atoms with Crippen LogP contribution in [0.15, 0.2) is 53.1 Å². The number of nitrogens with zero attached hydrogens (tertiary/aromatic N) is 3. The topological polar surface area (TPSA) is 93.9 Å². The van der Waals surface area contributed by atoms with Crippen molar-refractivity contribution in [1.29, 1.82) is 10.5 Å². The molecule has 2 heterocycles. The molecule has 2 aliphatic heterocycles. The van der Waals surface area contributed by atoms with Crippen LogP contribution in [0.4, 0.5) is 4.39 Å². The highest BCUT2D eigenvalue weighted by atomic mass is 79.9. The molecule has 1 amide bonds. The molecule has 0 aliphatic carbocycles. The monoisotopic (exact) mass is 436 g/mol. The third-order valence-electron chi connectivity index (χ3n) is 5.54. The van der Waals surface area contributed by atoms with Crippen molar-refractivity contribution >= 4 is 27.9 Å². The van der Waals surface area contributed by atoms with E-state index in [-0.39, 0.29) is 4.47 Å². The van der Waals surface area contributed by atoms with Gasteiger partial charge in [-0.3, -0.25) is 4.79 Å². The van der Waals surface area contributed by atoms with Crippen molar-refractivity contribution in [2.45, 2.75) is 18.0 Å². The van der Waals surface area contributed by atoms with E-state index in [9.17, 15) is 19.7 Å². The van der Waals surface area contributed by atoms with Gasteiger partial charge in [0, 0.05) is 12.1 Å². The van der Waals surface area contributed by atoms with Gasteiger partial charge in [-0.25, -0.2) is 4.39 Å². The zero-order valence-corrected chi connectivity index (χ0v) is 16.1. The quantitative estimate of drug-likeness (QED) is 0.777. The van der Waals surface area contributed by atoms with Crippen molar-refractivity contribution in [3.05, 3.63) is 75.6 Å². The number of benzene rings is 2. The van der Waals surface area contributed by atoms with Gasteiger partial charge in [-0.2, -0.15) is 10.5 Å². The molecule has 1 fully saturated rings. The minimum Gasteiger partial charge on any atom is -0.368 e. The number of carbonyl (C=O) groups excluding carboxylic acids is 1. The van der Waals surface area contributed by atoms with E-state index in [1.54, 1.807) is 11.1 Å². The largest absolute Gasteiger partial charge is 0.368 e. The summed E-state index contributed by atoms with van der Waals surface area (Å²) in [5, 5.41) is 20.4. The molecule has 2 N–H and O–H groups in total. The SMILES string of the molecule is N#CC1(C#N)[C@H](c2ccc(F)c(Br)c2)[C@@H](C(N)=O)N2C=Cc3ccccc3[C@H]21. The smallest absolute Gasteiger partial charge is 0.240 e. The van der Waals surface area contributed by atoms with E-state index in [4.69, 9.17) is 5.73 Å². The lowest BCUT2D eigenvalue weighted by atomic mass is 9.68. The van der Waals surface area contributed by atoms with Crippen molar-refractivity contribution in [3.8, 4) is 12.1 Å². The molecule has 1 saturated heterocycles. The first-order valence-electron chi connectivity index (χ1n) is 8.56. The number of halogens is 2. The molecule has 138 valence electrons. The summed E-state index contributed by atoms with van der Waals surface area (Å²) in [6.45, 7) is 0. The van der Waals surface area contributed by atoms with Crippen molar-refractivity contribution < 1.29 is 9.18 Å². The Kier molecular flexibility index (Phi) is 4.21. The normalized spacial score (nSPS) is 24.0. The number of hydrogen-bond donors (Lipinski definition) is 1. The number of primary amides is 1. The first kappa shape index (κ1) is 18.2. The summed E-state index contributed by atoms with van der Waals surface area (Å²) in [7, 11) is 0. The highest BCUT2D eigenvalue weighted by Crippen LogP contribution is 2.59. The van der Waals surface area contributed by atoms with E-state index in [2.05, 4.69) is 28.1 Å². The minimum absolute atomic E-state index is 0.193. The zero-order chi connectivity index (χ0) is 20.1. The Morgan fingerprint density at radius 2 is 1.93 bits per heavy atom. The van der Waals surface area contributed by atoms with E-state index in [0.29, 0.717) is 5.56 Å². The fourth-order valence-corrected chi connectivity index (χ4v) is 4.79. The summed E-state index contributed by atoms with van der Waals surface area (Å²) in [5.74, 6) is -1.97. The number of amides is 1. The number of rotatable bonds is 2.